The first-order valence-electron chi connectivity index (χ1n) is 8.72. The highest BCUT2D eigenvalue weighted by molar-refractivity contribution is 5.80. The van der Waals surface area contributed by atoms with Crippen LogP contribution in [-0.4, -0.2) is 39.3 Å². The third-order valence-electron chi connectivity index (χ3n) is 4.33. The summed E-state index contributed by atoms with van der Waals surface area (Å²) in [7, 11) is 0. The highest BCUT2D eigenvalue weighted by Crippen LogP contribution is 2.30. The minimum atomic E-state index is -0.528. The molecule has 1 aromatic heterocycles. The number of nitrogens with zero attached hydrogens (tertiary/aromatic N) is 4. The number of benzene rings is 2. The predicted octanol–water partition coefficient (Wildman–Crippen LogP) is 1.54. The molecule has 8 heteroatoms. The first-order chi connectivity index (χ1) is 13.3. The molecular weight excluding hydrogens is 346 g/mol. The topological polar surface area (TPSA) is 91.2 Å². The number of nitrogens with one attached hydrogen (secondary N) is 1. The minimum Gasteiger partial charge on any atom is -0.486 e. The van der Waals surface area contributed by atoms with E-state index in [9.17, 15) is 4.79 Å². The molecule has 0 aliphatic carbocycles. The second kappa shape index (κ2) is 7.86. The van der Waals surface area contributed by atoms with Gasteiger partial charge in [-0.3, -0.25) is 4.79 Å². The number of carbonyl (C=O) groups is 1. The Kier molecular flexibility index (Phi) is 4.95. The van der Waals surface area contributed by atoms with E-state index in [1.807, 2.05) is 48.5 Å². The average molecular weight is 365 g/mol. The maximum absolute atomic E-state index is 12.8. The molecule has 0 spiro atoms. The van der Waals surface area contributed by atoms with Crippen LogP contribution in [0.5, 0.6) is 11.5 Å². The van der Waals surface area contributed by atoms with Crippen LogP contribution in [0.2, 0.25) is 0 Å². The summed E-state index contributed by atoms with van der Waals surface area (Å²) < 4.78 is 12.6. The van der Waals surface area contributed by atoms with Crippen molar-refractivity contribution < 1.29 is 14.3 Å². The summed E-state index contributed by atoms with van der Waals surface area (Å²) in [4.78, 5) is 12.8. The first kappa shape index (κ1) is 17.0. The predicted molar refractivity (Wildman–Crippen MR) is 96.3 cm³/mol. The fraction of sp³-hybridized carbons (Fsp3) is 0.263. The monoisotopic (exact) mass is 365 g/mol. The van der Waals surface area contributed by atoms with E-state index in [1.165, 1.54) is 11.0 Å². The summed E-state index contributed by atoms with van der Waals surface area (Å²) in [6.45, 7) is 1.46. The van der Waals surface area contributed by atoms with Crippen LogP contribution >= 0.6 is 0 Å². The molecule has 0 fully saturated rings. The Balaban J connectivity index is 1.45. The molecule has 0 unspecified atom stereocenters. The van der Waals surface area contributed by atoms with Crippen molar-refractivity contribution in [2.45, 2.75) is 19.0 Å². The van der Waals surface area contributed by atoms with Crippen LogP contribution in [0, 0.1) is 0 Å². The van der Waals surface area contributed by atoms with Crippen LogP contribution in [0.25, 0.3) is 0 Å². The molecular formula is C19H19N5O3. The van der Waals surface area contributed by atoms with Crippen molar-refractivity contribution in [3.63, 3.8) is 0 Å². The van der Waals surface area contributed by atoms with E-state index < -0.39 is 6.04 Å². The Hall–Kier alpha value is -3.42. The van der Waals surface area contributed by atoms with Gasteiger partial charge in [-0.2, -0.15) is 0 Å². The van der Waals surface area contributed by atoms with Gasteiger partial charge in [0.05, 0.1) is 0 Å². The second-order valence-corrected chi connectivity index (χ2v) is 6.19. The van der Waals surface area contributed by atoms with E-state index in [0.717, 1.165) is 16.9 Å². The van der Waals surface area contributed by atoms with Gasteiger partial charge in [-0.1, -0.05) is 36.4 Å². The lowest BCUT2D eigenvalue weighted by Crippen LogP contribution is -2.34. The molecule has 2 heterocycles. The van der Waals surface area contributed by atoms with Crippen molar-refractivity contribution in [1.82, 2.24) is 25.5 Å². The number of hydrogen-bond donors (Lipinski definition) is 1. The summed E-state index contributed by atoms with van der Waals surface area (Å²) in [6, 6.07) is 14.9. The van der Waals surface area contributed by atoms with Gasteiger partial charge < -0.3 is 14.8 Å². The molecule has 0 saturated heterocycles. The fourth-order valence-electron chi connectivity index (χ4n) is 2.96. The van der Waals surface area contributed by atoms with Gasteiger partial charge in [0.15, 0.2) is 11.5 Å². The van der Waals surface area contributed by atoms with Crippen LogP contribution in [0.3, 0.4) is 0 Å². The number of hydrogen-bond acceptors (Lipinski definition) is 6. The van der Waals surface area contributed by atoms with Gasteiger partial charge in [0.1, 0.15) is 25.6 Å². The van der Waals surface area contributed by atoms with Crippen molar-refractivity contribution >= 4 is 5.91 Å². The third kappa shape index (κ3) is 4.05. The number of tetrazole rings is 1. The maximum atomic E-state index is 12.8. The molecule has 0 saturated carbocycles. The van der Waals surface area contributed by atoms with Crippen LogP contribution in [0.15, 0.2) is 54.9 Å². The van der Waals surface area contributed by atoms with Crippen molar-refractivity contribution in [3.05, 3.63) is 66.0 Å². The first-order valence-corrected chi connectivity index (χ1v) is 8.72. The van der Waals surface area contributed by atoms with Crippen molar-refractivity contribution in [3.8, 4) is 11.5 Å². The van der Waals surface area contributed by atoms with Crippen molar-refractivity contribution in [1.29, 1.82) is 0 Å². The van der Waals surface area contributed by atoms with Crippen molar-refractivity contribution in [2.75, 3.05) is 13.2 Å². The Labute approximate surface area is 156 Å². The molecule has 1 atom stereocenters. The molecule has 4 rings (SSSR count). The van der Waals surface area contributed by atoms with Gasteiger partial charge in [0.25, 0.3) is 0 Å². The lowest BCUT2D eigenvalue weighted by molar-refractivity contribution is -0.124. The number of carbonyl (C=O) groups excluding carboxylic acids is 1. The van der Waals surface area contributed by atoms with Gasteiger partial charge in [-0.15, -0.1) is 5.10 Å². The third-order valence-corrected chi connectivity index (χ3v) is 4.33. The quantitative estimate of drug-likeness (QED) is 0.713. The van der Waals surface area contributed by atoms with E-state index in [2.05, 4.69) is 20.8 Å². The highest BCUT2D eigenvalue weighted by atomic mass is 16.6. The molecule has 27 heavy (non-hydrogen) atoms. The molecule has 3 aromatic rings. The summed E-state index contributed by atoms with van der Waals surface area (Å²) in [6.07, 6.45) is 1.95. The SMILES string of the molecule is O=C(NCc1ccc2c(c1)OCCO2)[C@H](Cc1ccccc1)n1cnnn1. The van der Waals surface area contributed by atoms with E-state index in [1.54, 1.807) is 0 Å². The number of amides is 1. The van der Waals surface area contributed by atoms with Crippen molar-refractivity contribution in [2.24, 2.45) is 0 Å². The molecule has 1 amide bonds. The zero-order valence-electron chi connectivity index (χ0n) is 14.6. The van der Waals surface area contributed by atoms with Gasteiger partial charge in [-0.05, 0) is 33.7 Å². The Morgan fingerprint density at radius 2 is 1.89 bits per heavy atom. The van der Waals surface area contributed by atoms with E-state index >= 15 is 0 Å². The van der Waals surface area contributed by atoms with Crippen LogP contribution in [-0.2, 0) is 17.8 Å². The summed E-state index contributed by atoms with van der Waals surface area (Å²) in [5.41, 5.74) is 1.97. The smallest absolute Gasteiger partial charge is 0.245 e. The number of ether oxygens (including phenoxy) is 2. The minimum absolute atomic E-state index is 0.152. The lowest BCUT2D eigenvalue weighted by Gasteiger charge is -2.19. The fourth-order valence-corrected chi connectivity index (χ4v) is 2.96. The van der Waals surface area contributed by atoms with Gasteiger partial charge in [-0.25, -0.2) is 4.68 Å². The molecule has 1 aliphatic heterocycles. The van der Waals surface area contributed by atoms with E-state index in [4.69, 9.17) is 9.47 Å². The highest BCUT2D eigenvalue weighted by Gasteiger charge is 2.22. The largest absolute Gasteiger partial charge is 0.486 e. The molecule has 138 valence electrons. The van der Waals surface area contributed by atoms with Crippen LogP contribution < -0.4 is 14.8 Å². The summed E-state index contributed by atoms with van der Waals surface area (Å²) in [5.74, 6) is 1.28. The maximum Gasteiger partial charge on any atom is 0.245 e. The number of rotatable bonds is 6. The molecule has 0 radical (unpaired) electrons. The molecule has 1 N–H and O–H groups in total. The molecule has 2 aromatic carbocycles. The zero-order chi connectivity index (χ0) is 18.5. The van der Waals surface area contributed by atoms with Gasteiger partial charge >= 0.3 is 0 Å². The second-order valence-electron chi connectivity index (χ2n) is 6.19. The average Bonchev–Trinajstić information content (AvgIpc) is 3.25. The number of fused-ring (bicyclic) bond motifs is 1. The normalized spacial score (nSPS) is 13.8. The summed E-state index contributed by atoms with van der Waals surface area (Å²) >= 11 is 0. The Morgan fingerprint density at radius 3 is 2.67 bits per heavy atom. The Bertz CT molecular complexity index is 899. The molecule has 1 aliphatic rings. The van der Waals surface area contributed by atoms with Gasteiger partial charge in [0.2, 0.25) is 5.91 Å². The lowest BCUT2D eigenvalue weighted by atomic mass is 10.1. The Morgan fingerprint density at radius 1 is 1.07 bits per heavy atom. The van der Waals surface area contributed by atoms with Gasteiger partial charge in [0, 0.05) is 13.0 Å². The van der Waals surface area contributed by atoms with Crippen LogP contribution in [0.1, 0.15) is 17.2 Å². The standard InChI is InChI=1S/C19H19N5O3/c25-19(20-12-15-6-7-17-18(11-15)27-9-8-26-17)16(24-13-21-22-23-24)10-14-4-2-1-3-5-14/h1-7,11,13,16H,8-10,12H2,(H,20,25)/t16-/m0/s1. The molecule has 8 nitrogen and oxygen atoms in total. The van der Waals surface area contributed by atoms with Crippen LogP contribution in [0.4, 0.5) is 0 Å². The van der Waals surface area contributed by atoms with E-state index in [-0.39, 0.29) is 5.91 Å². The van der Waals surface area contributed by atoms with E-state index in [0.29, 0.717) is 31.9 Å². The number of aromatic nitrogens is 4. The summed E-state index contributed by atoms with van der Waals surface area (Å²) in [5, 5.41) is 14.2. The zero-order valence-corrected chi connectivity index (χ0v) is 14.6. The molecule has 0 bridgehead atoms.